The summed E-state index contributed by atoms with van der Waals surface area (Å²) < 4.78 is 6.98. The Balaban J connectivity index is 1.60. The zero-order chi connectivity index (χ0) is 19.9. The molecule has 0 saturated carbocycles. The monoisotopic (exact) mass is 403 g/mol. The summed E-state index contributed by atoms with van der Waals surface area (Å²) in [6.45, 7) is 0.485. The zero-order valence-corrected chi connectivity index (χ0v) is 15.5. The van der Waals surface area contributed by atoms with E-state index in [0.717, 1.165) is 5.56 Å². The number of aromatic hydroxyl groups is 2. The molecule has 0 aliphatic rings. The molecule has 9 nitrogen and oxygen atoms in total. The van der Waals surface area contributed by atoms with Crippen LogP contribution in [0.1, 0.15) is 17.2 Å². The maximum absolute atomic E-state index is 12.3. The Morgan fingerprint density at radius 2 is 2.04 bits per heavy atom. The van der Waals surface area contributed by atoms with Gasteiger partial charge < -0.3 is 20.3 Å². The second-order valence-corrected chi connectivity index (χ2v) is 6.35. The lowest BCUT2D eigenvalue weighted by molar-refractivity contribution is 0.0849. The quantitative estimate of drug-likeness (QED) is 0.518. The van der Waals surface area contributed by atoms with Crippen molar-refractivity contribution in [2.24, 2.45) is 0 Å². The van der Waals surface area contributed by atoms with Gasteiger partial charge in [0.05, 0.1) is 6.54 Å². The number of nitrogens with zero attached hydrogens (tertiary/aromatic N) is 4. The molecular formula is C18H18ClN5O4. The molecule has 3 rings (SSSR count). The molecule has 0 aliphatic heterocycles. The summed E-state index contributed by atoms with van der Waals surface area (Å²) >= 11 is 6.24. The highest BCUT2D eigenvalue weighted by molar-refractivity contribution is 6.31. The van der Waals surface area contributed by atoms with E-state index in [1.54, 1.807) is 30.3 Å². The van der Waals surface area contributed by atoms with Crippen LogP contribution in [-0.2, 0) is 17.7 Å². The fraction of sp³-hybridized carbons (Fsp3) is 0.222. The van der Waals surface area contributed by atoms with E-state index in [1.165, 1.54) is 23.1 Å². The van der Waals surface area contributed by atoms with E-state index in [2.05, 4.69) is 20.8 Å². The van der Waals surface area contributed by atoms with Gasteiger partial charge in [-0.2, -0.15) is 0 Å². The van der Waals surface area contributed by atoms with Gasteiger partial charge in [0, 0.05) is 17.1 Å². The lowest BCUT2D eigenvalue weighted by Gasteiger charge is -2.19. The van der Waals surface area contributed by atoms with Gasteiger partial charge in [-0.15, -0.1) is 5.10 Å². The number of phenolic OH excluding ortho intramolecular Hbond substituents is 2. The van der Waals surface area contributed by atoms with Crippen LogP contribution in [0.15, 0.2) is 48.8 Å². The van der Waals surface area contributed by atoms with Crippen LogP contribution >= 0.6 is 11.6 Å². The average molecular weight is 404 g/mol. The van der Waals surface area contributed by atoms with E-state index in [9.17, 15) is 15.0 Å². The fourth-order valence-electron chi connectivity index (χ4n) is 2.57. The maximum atomic E-state index is 12.3. The molecule has 0 saturated heterocycles. The number of halogens is 1. The molecule has 3 aromatic rings. The van der Waals surface area contributed by atoms with Crippen molar-refractivity contribution in [1.29, 1.82) is 0 Å². The van der Waals surface area contributed by atoms with Gasteiger partial charge in [-0.1, -0.05) is 35.9 Å². The predicted octanol–water partition coefficient (Wildman–Crippen LogP) is 2.45. The molecule has 0 spiro atoms. The zero-order valence-electron chi connectivity index (χ0n) is 14.7. The fourth-order valence-corrected chi connectivity index (χ4v) is 2.83. The van der Waals surface area contributed by atoms with Crippen molar-refractivity contribution in [3.8, 4) is 11.5 Å². The molecule has 2 aromatic carbocycles. The van der Waals surface area contributed by atoms with Crippen LogP contribution in [-0.4, -0.2) is 43.1 Å². The molecule has 1 atom stereocenters. The number of ether oxygens (including phenoxy) is 1. The Hall–Kier alpha value is -3.33. The first-order valence-electron chi connectivity index (χ1n) is 8.43. The maximum Gasteiger partial charge on any atom is 0.407 e. The third-order valence-electron chi connectivity index (χ3n) is 3.97. The van der Waals surface area contributed by atoms with Gasteiger partial charge >= 0.3 is 6.09 Å². The summed E-state index contributed by atoms with van der Waals surface area (Å²) in [6.07, 6.45) is 0.561. The molecule has 0 fully saturated rings. The molecule has 146 valence electrons. The van der Waals surface area contributed by atoms with Crippen LogP contribution in [0.2, 0.25) is 5.02 Å². The van der Waals surface area contributed by atoms with Crippen LogP contribution in [0.3, 0.4) is 0 Å². The summed E-state index contributed by atoms with van der Waals surface area (Å²) in [5, 5.41) is 32.9. The highest BCUT2D eigenvalue weighted by Gasteiger charge is 2.20. The number of alkyl carbamates (subject to hydrolysis) is 1. The number of hydrogen-bond acceptors (Lipinski definition) is 7. The van der Waals surface area contributed by atoms with E-state index in [4.69, 9.17) is 16.3 Å². The number of rotatable bonds is 7. The van der Waals surface area contributed by atoms with Crippen molar-refractivity contribution in [1.82, 2.24) is 25.5 Å². The summed E-state index contributed by atoms with van der Waals surface area (Å²) in [7, 11) is 0. The van der Waals surface area contributed by atoms with Crippen LogP contribution < -0.4 is 5.32 Å². The molecule has 3 N–H and O–H groups in total. The van der Waals surface area contributed by atoms with Gasteiger partial charge in [0.25, 0.3) is 0 Å². The van der Waals surface area contributed by atoms with Gasteiger partial charge in [-0.05, 0) is 40.6 Å². The van der Waals surface area contributed by atoms with Crippen molar-refractivity contribution in [2.45, 2.75) is 19.1 Å². The number of tetrazole rings is 1. The van der Waals surface area contributed by atoms with E-state index < -0.39 is 12.2 Å². The van der Waals surface area contributed by atoms with Gasteiger partial charge in [0.1, 0.15) is 12.4 Å². The number of carbonyl (C=O) groups is 1. The van der Waals surface area contributed by atoms with Crippen LogP contribution in [0.4, 0.5) is 4.79 Å². The van der Waals surface area contributed by atoms with Gasteiger partial charge in [0.15, 0.2) is 11.5 Å². The van der Waals surface area contributed by atoms with Crippen molar-refractivity contribution in [2.75, 3.05) is 6.54 Å². The second kappa shape index (κ2) is 9.05. The van der Waals surface area contributed by atoms with Crippen LogP contribution in [0.5, 0.6) is 11.5 Å². The molecule has 0 aliphatic carbocycles. The highest BCUT2D eigenvalue weighted by atomic mass is 35.5. The SMILES string of the molecule is O=C(NCCc1ccc(O)c(O)c1)OC(Cn1cnnn1)c1ccccc1Cl. The summed E-state index contributed by atoms with van der Waals surface area (Å²) in [6, 6.07) is 11.5. The normalized spacial score (nSPS) is 11.8. The molecule has 1 unspecified atom stereocenters. The van der Waals surface area contributed by atoms with Crippen molar-refractivity contribution in [3.05, 3.63) is 64.9 Å². The van der Waals surface area contributed by atoms with E-state index >= 15 is 0 Å². The van der Waals surface area contributed by atoms with E-state index in [1.807, 2.05) is 0 Å². The number of aromatic nitrogens is 4. The van der Waals surface area contributed by atoms with Gasteiger partial charge in [-0.25, -0.2) is 9.48 Å². The highest BCUT2D eigenvalue weighted by Crippen LogP contribution is 2.27. The topological polar surface area (TPSA) is 122 Å². The third kappa shape index (κ3) is 5.10. The minimum Gasteiger partial charge on any atom is -0.504 e. The average Bonchev–Trinajstić information content (AvgIpc) is 3.18. The molecule has 0 bridgehead atoms. The number of nitrogens with one attached hydrogen (secondary N) is 1. The Morgan fingerprint density at radius 1 is 1.21 bits per heavy atom. The first-order chi connectivity index (χ1) is 13.5. The molecular weight excluding hydrogens is 386 g/mol. The third-order valence-corrected chi connectivity index (χ3v) is 4.31. The number of benzene rings is 2. The van der Waals surface area contributed by atoms with E-state index in [-0.39, 0.29) is 24.6 Å². The molecule has 1 amide bonds. The Bertz CT molecular complexity index is 935. The first-order valence-corrected chi connectivity index (χ1v) is 8.81. The van der Waals surface area contributed by atoms with Gasteiger partial charge in [0.2, 0.25) is 0 Å². The minimum absolute atomic E-state index is 0.193. The lowest BCUT2D eigenvalue weighted by atomic mass is 10.1. The Kier molecular flexibility index (Phi) is 6.28. The predicted molar refractivity (Wildman–Crippen MR) is 100.0 cm³/mol. The molecule has 28 heavy (non-hydrogen) atoms. The minimum atomic E-state index is -0.685. The van der Waals surface area contributed by atoms with Crippen LogP contribution in [0.25, 0.3) is 0 Å². The smallest absolute Gasteiger partial charge is 0.407 e. The lowest BCUT2D eigenvalue weighted by Crippen LogP contribution is -2.29. The van der Waals surface area contributed by atoms with Gasteiger partial charge in [-0.3, -0.25) is 0 Å². The summed E-state index contributed by atoms with van der Waals surface area (Å²) in [5.74, 6) is -0.401. The number of hydrogen-bond donors (Lipinski definition) is 3. The first kappa shape index (κ1) is 19.4. The largest absolute Gasteiger partial charge is 0.504 e. The molecule has 0 radical (unpaired) electrons. The Labute approximate surface area is 165 Å². The molecule has 1 aromatic heterocycles. The number of carbonyl (C=O) groups excluding carboxylic acids is 1. The number of amides is 1. The number of phenols is 2. The second-order valence-electron chi connectivity index (χ2n) is 5.95. The molecule has 10 heteroatoms. The summed E-state index contributed by atoms with van der Waals surface area (Å²) in [4.78, 5) is 12.3. The van der Waals surface area contributed by atoms with Crippen LogP contribution in [0, 0.1) is 0 Å². The standard InChI is InChI=1S/C18H18ClN5O4/c19-14-4-2-1-3-13(14)17(10-24-11-21-22-23-24)28-18(27)20-8-7-12-5-6-15(25)16(26)9-12/h1-6,9,11,17,25-26H,7-8,10H2,(H,20,27). The molecule has 1 heterocycles. The van der Waals surface area contributed by atoms with E-state index in [0.29, 0.717) is 17.0 Å². The van der Waals surface area contributed by atoms with Crippen molar-refractivity contribution < 1.29 is 19.7 Å². The Morgan fingerprint density at radius 3 is 2.75 bits per heavy atom. The summed E-state index contributed by atoms with van der Waals surface area (Å²) in [5.41, 5.74) is 1.39. The van der Waals surface area contributed by atoms with Crippen molar-refractivity contribution >= 4 is 17.7 Å². The van der Waals surface area contributed by atoms with Crippen molar-refractivity contribution in [3.63, 3.8) is 0 Å².